The number of anilines is 1. The second kappa shape index (κ2) is 5.61. The van der Waals surface area contributed by atoms with E-state index in [2.05, 4.69) is 0 Å². The normalized spacial score (nSPS) is 11.2. The Balaban J connectivity index is 2.39. The van der Waals surface area contributed by atoms with Gasteiger partial charge in [-0.25, -0.2) is 12.8 Å². The van der Waals surface area contributed by atoms with Gasteiger partial charge in [0.05, 0.1) is 17.7 Å². The SMILES string of the molecule is COc1cc(Oc2cccc(S(C)(=O)=O)c2)c(F)cc1N. The van der Waals surface area contributed by atoms with Crippen LogP contribution in [0.3, 0.4) is 0 Å². The third kappa shape index (κ3) is 3.43. The first-order chi connectivity index (χ1) is 9.81. The highest BCUT2D eigenvalue weighted by Crippen LogP contribution is 2.33. The van der Waals surface area contributed by atoms with Gasteiger partial charge in [-0.05, 0) is 18.2 Å². The first-order valence-electron chi connectivity index (χ1n) is 5.92. The van der Waals surface area contributed by atoms with Crippen LogP contribution in [-0.4, -0.2) is 21.8 Å². The molecular weight excluding hydrogens is 297 g/mol. The quantitative estimate of drug-likeness (QED) is 0.878. The number of sulfone groups is 1. The summed E-state index contributed by atoms with van der Waals surface area (Å²) in [6.45, 7) is 0. The third-order valence-corrected chi connectivity index (χ3v) is 3.86. The summed E-state index contributed by atoms with van der Waals surface area (Å²) in [6.07, 6.45) is 1.08. The van der Waals surface area contributed by atoms with E-state index in [1.165, 1.54) is 37.4 Å². The summed E-state index contributed by atoms with van der Waals surface area (Å²) < 4.78 is 47.1. The lowest BCUT2D eigenvalue weighted by Gasteiger charge is -2.11. The van der Waals surface area contributed by atoms with E-state index in [1.807, 2.05) is 0 Å². The highest BCUT2D eigenvalue weighted by Gasteiger charge is 2.12. The van der Waals surface area contributed by atoms with Gasteiger partial charge in [0.1, 0.15) is 11.5 Å². The molecule has 0 aromatic heterocycles. The second-order valence-electron chi connectivity index (χ2n) is 4.37. The molecule has 0 atom stereocenters. The summed E-state index contributed by atoms with van der Waals surface area (Å²) in [7, 11) is -1.97. The smallest absolute Gasteiger partial charge is 0.175 e. The molecule has 0 unspecified atom stereocenters. The van der Waals surface area contributed by atoms with Crippen LogP contribution in [0.15, 0.2) is 41.3 Å². The summed E-state index contributed by atoms with van der Waals surface area (Å²) in [5, 5.41) is 0. The first-order valence-corrected chi connectivity index (χ1v) is 7.81. The van der Waals surface area contributed by atoms with E-state index in [1.54, 1.807) is 0 Å². The Kier molecular flexibility index (Phi) is 4.04. The van der Waals surface area contributed by atoms with Crippen molar-refractivity contribution in [2.75, 3.05) is 19.1 Å². The van der Waals surface area contributed by atoms with Gasteiger partial charge >= 0.3 is 0 Å². The molecule has 0 radical (unpaired) electrons. The number of nitrogen functional groups attached to an aromatic ring is 1. The van der Waals surface area contributed by atoms with Crippen molar-refractivity contribution in [1.29, 1.82) is 0 Å². The molecule has 2 rings (SSSR count). The Bertz CT molecular complexity index is 775. The van der Waals surface area contributed by atoms with Crippen LogP contribution < -0.4 is 15.2 Å². The van der Waals surface area contributed by atoms with Gasteiger partial charge in [0, 0.05) is 18.4 Å². The van der Waals surface area contributed by atoms with Gasteiger partial charge in [-0.3, -0.25) is 0 Å². The number of hydrogen-bond donors (Lipinski definition) is 1. The van der Waals surface area contributed by atoms with E-state index in [9.17, 15) is 12.8 Å². The standard InChI is InChI=1S/C14H14FNO4S/c1-19-14-8-13(11(15)7-12(14)16)20-9-4-3-5-10(6-9)21(2,17)18/h3-8H,16H2,1-2H3. The molecule has 7 heteroatoms. The van der Waals surface area contributed by atoms with E-state index in [0.717, 1.165) is 12.3 Å². The van der Waals surface area contributed by atoms with Gasteiger partial charge in [-0.1, -0.05) is 6.07 Å². The zero-order chi connectivity index (χ0) is 15.6. The summed E-state index contributed by atoms with van der Waals surface area (Å²) in [5.74, 6) is -0.306. The molecule has 5 nitrogen and oxygen atoms in total. The molecule has 0 fully saturated rings. The minimum absolute atomic E-state index is 0.0859. The van der Waals surface area contributed by atoms with Crippen LogP contribution in [0, 0.1) is 5.82 Å². The lowest BCUT2D eigenvalue weighted by molar-refractivity contribution is 0.402. The van der Waals surface area contributed by atoms with E-state index in [-0.39, 0.29) is 27.8 Å². The Labute approximate surface area is 122 Å². The van der Waals surface area contributed by atoms with E-state index in [4.69, 9.17) is 15.2 Å². The van der Waals surface area contributed by atoms with Crippen molar-refractivity contribution in [1.82, 2.24) is 0 Å². The predicted molar refractivity (Wildman–Crippen MR) is 77.0 cm³/mol. The summed E-state index contributed by atoms with van der Waals surface area (Å²) >= 11 is 0. The molecule has 0 saturated carbocycles. The maximum absolute atomic E-state index is 13.8. The minimum Gasteiger partial charge on any atom is -0.494 e. The van der Waals surface area contributed by atoms with E-state index < -0.39 is 15.7 Å². The van der Waals surface area contributed by atoms with Gasteiger partial charge in [-0.15, -0.1) is 0 Å². The Morgan fingerprint density at radius 1 is 1.14 bits per heavy atom. The van der Waals surface area contributed by atoms with Gasteiger partial charge in [-0.2, -0.15) is 0 Å². The van der Waals surface area contributed by atoms with Gasteiger partial charge in [0.25, 0.3) is 0 Å². The minimum atomic E-state index is -3.37. The van der Waals surface area contributed by atoms with Crippen molar-refractivity contribution < 1.29 is 22.3 Å². The van der Waals surface area contributed by atoms with Gasteiger partial charge in [0.2, 0.25) is 0 Å². The molecule has 0 spiro atoms. The molecule has 112 valence electrons. The van der Waals surface area contributed by atoms with Crippen LogP contribution in [0.1, 0.15) is 0 Å². The zero-order valence-corrected chi connectivity index (χ0v) is 12.3. The van der Waals surface area contributed by atoms with Crippen molar-refractivity contribution in [3.05, 3.63) is 42.2 Å². The number of halogens is 1. The van der Waals surface area contributed by atoms with Crippen LogP contribution in [0.25, 0.3) is 0 Å². The molecule has 2 aromatic rings. The molecule has 0 heterocycles. The van der Waals surface area contributed by atoms with Crippen molar-refractivity contribution in [3.8, 4) is 17.2 Å². The first kappa shape index (κ1) is 15.1. The summed E-state index contributed by atoms with van der Waals surface area (Å²) in [4.78, 5) is 0.0859. The third-order valence-electron chi connectivity index (χ3n) is 2.75. The number of benzene rings is 2. The Morgan fingerprint density at radius 2 is 1.86 bits per heavy atom. The lowest BCUT2D eigenvalue weighted by atomic mass is 10.2. The van der Waals surface area contributed by atoms with E-state index >= 15 is 0 Å². The lowest BCUT2D eigenvalue weighted by Crippen LogP contribution is -1.98. The number of ether oxygens (including phenoxy) is 2. The monoisotopic (exact) mass is 311 g/mol. The van der Waals surface area contributed by atoms with Crippen molar-refractivity contribution >= 4 is 15.5 Å². The molecule has 0 saturated heterocycles. The molecule has 0 aliphatic heterocycles. The average molecular weight is 311 g/mol. The summed E-state index contributed by atoms with van der Waals surface area (Å²) in [6, 6.07) is 8.17. The Hall–Kier alpha value is -2.28. The Morgan fingerprint density at radius 3 is 2.48 bits per heavy atom. The fraction of sp³-hybridized carbons (Fsp3) is 0.143. The van der Waals surface area contributed by atoms with Crippen LogP contribution in [0.5, 0.6) is 17.2 Å². The maximum atomic E-state index is 13.8. The topological polar surface area (TPSA) is 78.6 Å². The van der Waals surface area contributed by atoms with Crippen molar-refractivity contribution in [3.63, 3.8) is 0 Å². The molecule has 2 aromatic carbocycles. The molecule has 0 amide bonds. The largest absolute Gasteiger partial charge is 0.494 e. The van der Waals surface area contributed by atoms with E-state index in [0.29, 0.717) is 0 Å². The molecule has 0 bridgehead atoms. The summed E-state index contributed by atoms with van der Waals surface area (Å²) in [5.41, 5.74) is 5.72. The number of hydrogen-bond acceptors (Lipinski definition) is 5. The van der Waals surface area contributed by atoms with Crippen molar-refractivity contribution in [2.24, 2.45) is 0 Å². The number of nitrogens with two attached hydrogens (primary N) is 1. The number of methoxy groups -OCH3 is 1. The average Bonchev–Trinajstić information content (AvgIpc) is 2.41. The van der Waals surface area contributed by atoms with Crippen LogP contribution in [0.2, 0.25) is 0 Å². The molecule has 2 N–H and O–H groups in total. The zero-order valence-electron chi connectivity index (χ0n) is 11.5. The highest BCUT2D eigenvalue weighted by atomic mass is 32.2. The molecule has 0 aliphatic rings. The molecular formula is C14H14FNO4S. The fourth-order valence-corrected chi connectivity index (χ4v) is 2.36. The van der Waals surface area contributed by atoms with Crippen LogP contribution in [-0.2, 0) is 9.84 Å². The van der Waals surface area contributed by atoms with Gasteiger partial charge < -0.3 is 15.2 Å². The maximum Gasteiger partial charge on any atom is 0.175 e. The second-order valence-corrected chi connectivity index (χ2v) is 6.39. The van der Waals surface area contributed by atoms with Crippen molar-refractivity contribution in [2.45, 2.75) is 4.90 Å². The van der Waals surface area contributed by atoms with Crippen LogP contribution in [0.4, 0.5) is 10.1 Å². The molecule has 21 heavy (non-hydrogen) atoms. The predicted octanol–water partition coefficient (Wildman–Crippen LogP) is 2.61. The highest BCUT2D eigenvalue weighted by molar-refractivity contribution is 7.90. The fourth-order valence-electron chi connectivity index (χ4n) is 1.70. The van der Waals surface area contributed by atoms with Crippen LogP contribution >= 0.6 is 0 Å². The molecule has 0 aliphatic carbocycles. The number of rotatable bonds is 4. The van der Waals surface area contributed by atoms with Gasteiger partial charge in [0.15, 0.2) is 21.4 Å².